The van der Waals surface area contributed by atoms with Crippen LogP contribution in [0.15, 0.2) is 47.2 Å². The van der Waals surface area contributed by atoms with Gasteiger partial charge in [-0.05, 0) is 72.6 Å². The first-order valence-corrected chi connectivity index (χ1v) is 12.5. The molecule has 0 rings (SSSR count). The second kappa shape index (κ2) is 17.3. The first-order chi connectivity index (χ1) is 14.1. The summed E-state index contributed by atoms with van der Waals surface area (Å²) in [7, 11) is 0. The number of nitrogens with one attached hydrogen (secondary N) is 2. The van der Waals surface area contributed by atoms with Gasteiger partial charge in [0.25, 0.3) is 0 Å². The van der Waals surface area contributed by atoms with Crippen molar-refractivity contribution in [2.24, 2.45) is 5.92 Å². The van der Waals surface area contributed by atoms with E-state index in [0.29, 0.717) is 12.0 Å². The minimum atomic E-state index is -0.00406. The lowest BCUT2D eigenvalue weighted by atomic mass is 10.0. The van der Waals surface area contributed by atoms with E-state index in [1.54, 1.807) is 0 Å². The van der Waals surface area contributed by atoms with Crippen molar-refractivity contribution in [2.45, 2.75) is 92.7 Å². The molecule has 30 heavy (non-hydrogen) atoms. The molecular weight excluding hydrogens is 388 g/mol. The Balaban J connectivity index is 4.15. The minimum Gasteiger partial charge on any atom is -0.384 e. The average molecular weight is 435 g/mol. The number of hydrogen-bond donors (Lipinski definition) is 2. The topological polar surface area (TPSA) is 41.1 Å². The highest BCUT2D eigenvalue weighted by Gasteiger charge is 2.15. The van der Waals surface area contributed by atoms with Crippen LogP contribution >= 0.6 is 11.8 Å². The summed E-state index contributed by atoms with van der Waals surface area (Å²) < 4.78 is 0. The van der Waals surface area contributed by atoms with Crippen LogP contribution in [0, 0.1) is 5.92 Å². The van der Waals surface area contributed by atoms with Crippen molar-refractivity contribution < 1.29 is 4.79 Å². The Kier molecular flexibility index (Phi) is 16.5. The third kappa shape index (κ3) is 16.4. The van der Waals surface area contributed by atoms with Crippen molar-refractivity contribution in [1.29, 1.82) is 0 Å². The molecule has 0 heterocycles. The number of carbonyl (C=O) groups is 1. The summed E-state index contributed by atoms with van der Waals surface area (Å²) in [6, 6.07) is 0.321. The van der Waals surface area contributed by atoms with Crippen LogP contribution in [0.2, 0.25) is 0 Å². The highest BCUT2D eigenvalue weighted by molar-refractivity contribution is 7.99. The normalized spacial score (nSPS) is 14.3. The zero-order chi connectivity index (χ0) is 22.9. The summed E-state index contributed by atoms with van der Waals surface area (Å²) in [5.41, 5.74) is 5.27. The number of amides is 1. The molecule has 0 bridgehead atoms. The largest absolute Gasteiger partial charge is 0.384 e. The summed E-state index contributed by atoms with van der Waals surface area (Å²) >= 11 is 1.93. The molecule has 0 aromatic heterocycles. The first kappa shape index (κ1) is 28.6. The molecule has 0 radical (unpaired) electrons. The van der Waals surface area contributed by atoms with Gasteiger partial charge in [-0.1, -0.05) is 55.4 Å². The van der Waals surface area contributed by atoms with Crippen molar-refractivity contribution >= 4 is 18.2 Å². The second-order valence-corrected chi connectivity index (χ2v) is 10.1. The maximum absolute atomic E-state index is 10.8. The molecule has 2 atom stereocenters. The van der Waals surface area contributed by atoms with Crippen molar-refractivity contribution in [3.05, 3.63) is 47.2 Å². The lowest BCUT2D eigenvalue weighted by Crippen LogP contribution is -2.40. The fraction of sp³-hybridized carbons (Fsp3) is 0.654. The minimum absolute atomic E-state index is 0.00406. The van der Waals surface area contributed by atoms with E-state index >= 15 is 0 Å². The van der Waals surface area contributed by atoms with Crippen LogP contribution in [0.3, 0.4) is 0 Å². The fourth-order valence-electron chi connectivity index (χ4n) is 3.11. The van der Waals surface area contributed by atoms with E-state index in [4.69, 9.17) is 0 Å². The third-order valence-corrected chi connectivity index (χ3v) is 6.01. The quantitative estimate of drug-likeness (QED) is 0.150. The van der Waals surface area contributed by atoms with E-state index in [9.17, 15) is 4.79 Å². The van der Waals surface area contributed by atoms with Crippen LogP contribution in [0.4, 0.5) is 0 Å². The molecule has 0 aliphatic heterocycles. The maximum Gasteiger partial charge on any atom is 0.207 e. The lowest BCUT2D eigenvalue weighted by Gasteiger charge is -2.25. The Morgan fingerprint density at radius 2 is 1.57 bits per heavy atom. The van der Waals surface area contributed by atoms with E-state index in [1.165, 1.54) is 23.1 Å². The van der Waals surface area contributed by atoms with Gasteiger partial charge in [-0.3, -0.25) is 4.79 Å². The zero-order valence-corrected chi connectivity index (χ0v) is 21.3. The van der Waals surface area contributed by atoms with Gasteiger partial charge in [0.1, 0.15) is 0 Å². The highest BCUT2D eigenvalue weighted by Crippen LogP contribution is 2.14. The number of rotatable bonds is 17. The number of allylic oxidation sites excluding steroid dienone is 5. The summed E-state index contributed by atoms with van der Waals surface area (Å²) in [5.74, 6) is 2.56. The molecule has 0 aliphatic carbocycles. The van der Waals surface area contributed by atoms with E-state index in [0.717, 1.165) is 49.3 Å². The zero-order valence-electron chi connectivity index (χ0n) is 20.5. The van der Waals surface area contributed by atoms with Crippen LogP contribution in [0.5, 0.6) is 0 Å². The van der Waals surface area contributed by atoms with Crippen molar-refractivity contribution in [1.82, 2.24) is 10.6 Å². The molecule has 1 amide bonds. The molecule has 172 valence electrons. The standard InChI is InChI=1S/C26H46N2OS/c1-20(2)11-9-12-22(5)13-10-14-23(6)15-16-30-18-24(7)28-25(8)26(27-19-29)17-21(3)4/h11,13,15,19,21,24,26,28H,8-10,12,14,16-18H2,1-7H3,(H,27,29)/b22-13+,23-15+. The van der Waals surface area contributed by atoms with Crippen molar-refractivity contribution in [3.8, 4) is 0 Å². The molecule has 2 N–H and O–H groups in total. The molecule has 0 aromatic rings. The number of thioether (sulfide) groups is 1. The average Bonchev–Trinajstić information content (AvgIpc) is 2.64. The maximum atomic E-state index is 10.8. The number of hydrogen-bond acceptors (Lipinski definition) is 3. The number of carbonyl (C=O) groups excluding carboxylic acids is 1. The van der Waals surface area contributed by atoms with Gasteiger partial charge in [0.05, 0.1) is 6.04 Å². The van der Waals surface area contributed by atoms with Gasteiger partial charge in [0.15, 0.2) is 0 Å². The molecule has 0 aromatic carbocycles. The second-order valence-electron chi connectivity index (χ2n) is 9.03. The summed E-state index contributed by atoms with van der Waals surface area (Å²) in [6.45, 7) is 19.4. The third-order valence-electron chi connectivity index (χ3n) is 4.87. The van der Waals surface area contributed by atoms with Gasteiger partial charge in [-0.2, -0.15) is 11.8 Å². The molecule has 0 saturated heterocycles. The molecule has 4 heteroatoms. The molecule has 0 saturated carbocycles. The van der Waals surface area contributed by atoms with E-state index in [-0.39, 0.29) is 6.04 Å². The Morgan fingerprint density at radius 3 is 2.13 bits per heavy atom. The predicted octanol–water partition coefficient (Wildman–Crippen LogP) is 6.79. The van der Waals surface area contributed by atoms with E-state index < -0.39 is 0 Å². The predicted molar refractivity (Wildman–Crippen MR) is 137 cm³/mol. The highest BCUT2D eigenvalue weighted by atomic mass is 32.2. The van der Waals surface area contributed by atoms with Gasteiger partial charge >= 0.3 is 0 Å². The lowest BCUT2D eigenvalue weighted by molar-refractivity contribution is -0.110. The van der Waals surface area contributed by atoms with Crippen LogP contribution < -0.4 is 10.6 Å². The molecule has 2 unspecified atom stereocenters. The Labute approximate surface area is 190 Å². The summed E-state index contributed by atoms with van der Waals surface area (Å²) in [4.78, 5) is 10.8. The van der Waals surface area contributed by atoms with E-state index in [1.807, 2.05) is 11.8 Å². The van der Waals surface area contributed by atoms with Crippen molar-refractivity contribution in [2.75, 3.05) is 11.5 Å². The van der Waals surface area contributed by atoms with Crippen LogP contribution in [0.1, 0.15) is 80.6 Å². The van der Waals surface area contributed by atoms with Crippen LogP contribution in [-0.4, -0.2) is 30.0 Å². The van der Waals surface area contributed by atoms with Crippen LogP contribution in [0.25, 0.3) is 0 Å². The monoisotopic (exact) mass is 434 g/mol. The van der Waals surface area contributed by atoms with Gasteiger partial charge in [0, 0.05) is 23.2 Å². The first-order valence-electron chi connectivity index (χ1n) is 11.3. The Hall–Kier alpha value is -1.42. The molecule has 0 aliphatic rings. The summed E-state index contributed by atoms with van der Waals surface area (Å²) in [6.07, 6.45) is 13.3. The van der Waals surface area contributed by atoms with Gasteiger partial charge < -0.3 is 10.6 Å². The fourth-order valence-corrected chi connectivity index (χ4v) is 4.08. The molecule has 3 nitrogen and oxygen atoms in total. The smallest absolute Gasteiger partial charge is 0.207 e. The van der Waals surface area contributed by atoms with Gasteiger partial charge in [0.2, 0.25) is 6.41 Å². The van der Waals surface area contributed by atoms with Crippen LogP contribution in [-0.2, 0) is 4.79 Å². The Bertz CT molecular complexity index is 586. The van der Waals surface area contributed by atoms with Crippen molar-refractivity contribution in [3.63, 3.8) is 0 Å². The summed E-state index contributed by atoms with van der Waals surface area (Å²) in [5, 5.41) is 6.34. The van der Waals surface area contributed by atoms with Gasteiger partial charge in [-0.15, -0.1) is 0 Å². The molecular formula is C26H46N2OS. The SMILES string of the molecule is C=C(NC(C)CSC/C=C(\C)CC/C=C(\C)CCC=C(C)C)C(CC(C)C)NC=O. The molecule has 0 spiro atoms. The van der Waals surface area contributed by atoms with E-state index in [2.05, 4.69) is 83.9 Å². The molecule has 0 fully saturated rings. The Morgan fingerprint density at radius 1 is 0.967 bits per heavy atom. The van der Waals surface area contributed by atoms with Gasteiger partial charge in [-0.25, -0.2) is 0 Å².